The minimum atomic E-state index is -0.884. The first-order valence-corrected chi connectivity index (χ1v) is 17.0. The highest BCUT2D eigenvalue weighted by molar-refractivity contribution is 5.90. The smallest absolute Gasteiger partial charge is 0.453 e. The second-order valence-corrected chi connectivity index (χ2v) is 13.0. The van der Waals surface area contributed by atoms with E-state index in [4.69, 9.17) is 27.4 Å². The molecular weight excluding hydrogens is 636 g/mol. The molecule has 12 nitrogen and oxygen atoms in total. The lowest BCUT2D eigenvalue weighted by Gasteiger charge is -2.30. The predicted octanol–water partition coefficient (Wildman–Crippen LogP) is 7.59. The molecule has 3 heterocycles. The zero-order valence-electron chi connectivity index (χ0n) is 33.5. The van der Waals surface area contributed by atoms with Crippen LogP contribution in [-0.4, -0.2) is 43.3 Å². The van der Waals surface area contributed by atoms with E-state index in [2.05, 4.69) is 34.5 Å². The van der Waals surface area contributed by atoms with Crippen molar-refractivity contribution in [1.82, 2.24) is 30.2 Å². The van der Waals surface area contributed by atoms with Crippen LogP contribution in [0, 0.1) is 26.7 Å². The normalized spacial score (nSPS) is 13.4. The summed E-state index contributed by atoms with van der Waals surface area (Å²) in [6.07, 6.45) is 2.05. The summed E-state index contributed by atoms with van der Waals surface area (Å²) in [5, 5.41) is 14.4. The number of aromatic amines is 1. The number of carbonyl (C=O) groups excluding carboxylic acids is 1. The van der Waals surface area contributed by atoms with Crippen LogP contribution in [0.2, 0.25) is 0 Å². The molecule has 1 unspecified atom stereocenters. The standard InChI is InChI=1S/C38H48N6O6/c1-11-28-29(50-37(46)49-28)20-48-36(45)33-34(38(12-2,13-3)47-10)39-30(17-21(4)5)44(33)25(9)31-23(7)18-26(19-24(31)8)32-22(6)15-14-16-27(32)35-40-42-43-41-35/h14-16,18-19,21,25H,11-13,17,20H2,1-10H3,(H,40,41,42,43)/i14D,15D,16D. The Morgan fingerprint density at radius 2 is 1.72 bits per heavy atom. The molecule has 1 atom stereocenters. The van der Waals surface area contributed by atoms with Crippen molar-refractivity contribution in [3.05, 3.63) is 91.9 Å². The Bertz CT molecular complexity index is 2150. The molecule has 0 aliphatic rings. The molecule has 0 aliphatic heterocycles. The van der Waals surface area contributed by atoms with Gasteiger partial charge in [-0.1, -0.05) is 64.9 Å². The highest BCUT2D eigenvalue weighted by atomic mass is 16.6. The van der Waals surface area contributed by atoms with Crippen LogP contribution < -0.4 is 5.82 Å². The van der Waals surface area contributed by atoms with E-state index >= 15 is 0 Å². The molecule has 50 heavy (non-hydrogen) atoms. The van der Waals surface area contributed by atoms with Crippen LogP contribution in [0.3, 0.4) is 0 Å². The Labute approximate surface area is 296 Å². The van der Waals surface area contributed by atoms with E-state index in [9.17, 15) is 9.59 Å². The zero-order valence-corrected chi connectivity index (χ0v) is 30.5. The third-order valence-electron chi connectivity index (χ3n) is 9.43. The fraction of sp³-hybridized carbons (Fsp3) is 0.474. The third kappa shape index (κ3) is 6.81. The summed E-state index contributed by atoms with van der Waals surface area (Å²) in [5.74, 6) is 0.0271. The Balaban J connectivity index is 1.72. The molecule has 5 aromatic rings. The highest BCUT2D eigenvalue weighted by Gasteiger charge is 2.40. The van der Waals surface area contributed by atoms with Gasteiger partial charge in [-0.3, -0.25) is 0 Å². The number of carbonyl (C=O) groups is 1. The molecule has 2 aromatic carbocycles. The molecule has 3 aromatic heterocycles. The van der Waals surface area contributed by atoms with Gasteiger partial charge in [0.1, 0.15) is 17.1 Å². The van der Waals surface area contributed by atoms with Crippen LogP contribution in [-0.2, 0) is 34.5 Å². The Kier molecular flexibility index (Phi) is 9.68. The van der Waals surface area contributed by atoms with Crippen LogP contribution in [0.1, 0.15) is 120 Å². The Morgan fingerprint density at radius 3 is 2.30 bits per heavy atom. The minimum Gasteiger partial charge on any atom is -0.453 e. The van der Waals surface area contributed by atoms with Gasteiger partial charge in [0.2, 0.25) is 5.82 Å². The van der Waals surface area contributed by atoms with Gasteiger partial charge in [0.15, 0.2) is 23.8 Å². The molecule has 1 N–H and O–H groups in total. The molecule has 0 spiro atoms. The number of ether oxygens (including phenoxy) is 2. The highest BCUT2D eigenvalue weighted by Crippen LogP contribution is 2.40. The molecule has 0 radical (unpaired) electrons. The van der Waals surface area contributed by atoms with Crippen LogP contribution in [0.25, 0.3) is 22.5 Å². The SMILES string of the molecule is [2H]c1c([2H])c(C)c(-c2cc(C)c(C(C)n3c(CC(C)C)nc(C(CC)(CC)OC)c3C(=O)OCc3oc(=O)oc3CC)c(C)c2)c(-c2nn[nH]n2)c1[2H]. The fourth-order valence-electron chi connectivity index (χ4n) is 7.01. The van der Waals surface area contributed by atoms with Gasteiger partial charge < -0.3 is 22.9 Å². The lowest BCUT2D eigenvalue weighted by Crippen LogP contribution is -2.31. The van der Waals surface area contributed by atoms with Crippen molar-refractivity contribution >= 4 is 5.97 Å². The van der Waals surface area contributed by atoms with E-state index in [-0.39, 0.29) is 47.9 Å². The van der Waals surface area contributed by atoms with Crippen molar-refractivity contribution in [1.29, 1.82) is 0 Å². The Hall–Kier alpha value is -4.84. The van der Waals surface area contributed by atoms with Crippen molar-refractivity contribution in [3.63, 3.8) is 0 Å². The Morgan fingerprint density at radius 1 is 1.04 bits per heavy atom. The van der Waals surface area contributed by atoms with E-state index < -0.39 is 23.4 Å². The molecule has 0 bridgehead atoms. The minimum absolute atomic E-state index is 0.0494. The van der Waals surface area contributed by atoms with Gasteiger partial charge in [-0.15, -0.1) is 10.2 Å². The number of aryl methyl sites for hydroxylation is 3. The molecule has 12 heteroatoms. The second kappa shape index (κ2) is 15.0. The topological polar surface area (TPSA) is 151 Å². The summed E-state index contributed by atoms with van der Waals surface area (Å²) in [7, 11) is 1.62. The zero-order chi connectivity index (χ0) is 38.9. The van der Waals surface area contributed by atoms with Crippen LogP contribution in [0.5, 0.6) is 0 Å². The van der Waals surface area contributed by atoms with Crippen molar-refractivity contribution in [2.75, 3.05) is 7.11 Å². The third-order valence-corrected chi connectivity index (χ3v) is 9.43. The number of nitrogens with zero attached hydrogens (tertiary/aromatic N) is 5. The van der Waals surface area contributed by atoms with E-state index in [0.717, 1.165) is 22.3 Å². The average molecular weight is 688 g/mol. The first-order chi connectivity index (χ1) is 25.1. The van der Waals surface area contributed by atoms with E-state index in [0.29, 0.717) is 59.7 Å². The number of benzene rings is 2. The summed E-state index contributed by atoms with van der Waals surface area (Å²) in [6.45, 7) is 17.4. The molecule has 0 amide bonds. The molecule has 0 aliphatic carbocycles. The first-order valence-electron chi connectivity index (χ1n) is 18.5. The van der Waals surface area contributed by atoms with Crippen molar-refractivity contribution in [3.8, 4) is 22.5 Å². The molecule has 0 saturated carbocycles. The molecule has 0 saturated heterocycles. The van der Waals surface area contributed by atoms with Gasteiger partial charge >= 0.3 is 11.8 Å². The number of nitrogens with one attached hydrogen (secondary N) is 1. The maximum absolute atomic E-state index is 14.4. The number of imidazole rings is 1. The first kappa shape index (κ1) is 32.4. The van der Waals surface area contributed by atoms with Crippen molar-refractivity contribution in [2.45, 2.75) is 106 Å². The van der Waals surface area contributed by atoms with Crippen molar-refractivity contribution < 1.29 is 27.2 Å². The summed E-state index contributed by atoms with van der Waals surface area (Å²) in [4.78, 5) is 31.5. The van der Waals surface area contributed by atoms with Gasteiger partial charge in [-0.25, -0.2) is 14.6 Å². The van der Waals surface area contributed by atoms with Crippen LogP contribution in [0.4, 0.5) is 0 Å². The number of rotatable bonds is 14. The number of H-pyrrole nitrogens is 1. The molecule has 5 rings (SSSR count). The number of aromatic nitrogens is 6. The number of esters is 1. The summed E-state index contributed by atoms with van der Waals surface area (Å²) >= 11 is 0. The lowest BCUT2D eigenvalue weighted by molar-refractivity contribution is -0.0265. The van der Waals surface area contributed by atoms with E-state index in [1.165, 1.54) is 0 Å². The molecule has 266 valence electrons. The van der Waals surface area contributed by atoms with Gasteiger partial charge in [0.25, 0.3) is 0 Å². The predicted molar refractivity (Wildman–Crippen MR) is 189 cm³/mol. The van der Waals surface area contributed by atoms with Crippen LogP contribution >= 0.6 is 0 Å². The van der Waals surface area contributed by atoms with Gasteiger partial charge in [0, 0.05) is 25.5 Å². The largest absolute Gasteiger partial charge is 0.519 e. The monoisotopic (exact) mass is 687 g/mol. The van der Waals surface area contributed by atoms with E-state index in [1.807, 2.05) is 58.2 Å². The van der Waals surface area contributed by atoms with Crippen LogP contribution in [0.15, 0.2) is 43.9 Å². The second-order valence-electron chi connectivity index (χ2n) is 13.0. The van der Waals surface area contributed by atoms with Gasteiger partial charge in [0.05, 0.1) is 10.2 Å². The number of hydrogen-bond donors (Lipinski definition) is 1. The summed E-state index contributed by atoms with van der Waals surface area (Å²) < 4.78 is 50.1. The maximum atomic E-state index is 14.4. The van der Waals surface area contributed by atoms with Gasteiger partial charge in [-0.05, 0) is 85.0 Å². The summed E-state index contributed by atoms with van der Waals surface area (Å²) in [5.41, 5.74) is 4.71. The fourth-order valence-corrected chi connectivity index (χ4v) is 7.01. The number of hydrogen-bond acceptors (Lipinski definition) is 10. The quantitative estimate of drug-likeness (QED) is 0.116. The summed E-state index contributed by atoms with van der Waals surface area (Å²) in [6, 6.07) is 3.11. The number of methoxy groups -OCH3 is 1. The molecule has 0 fully saturated rings. The van der Waals surface area contributed by atoms with Gasteiger partial charge in [-0.2, -0.15) is 5.21 Å². The maximum Gasteiger partial charge on any atom is 0.519 e. The average Bonchev–Trinajstić information content (AvgIpc) is 3.87. The molecular formula is C38H48N6O6. The number of tetrazole rings is 1. The van der Waals surface area contributed by atoms with Crippen molar-refractivity contribution in [2.24, 2.45) is 5.92 Å². The van der Waals surface area contributed by atoms with E-state index in [1.54, 1.807) is 14.0 Å². The lowest BCUT2D eigenvalue weighted by atomic mass is 9.88.